The van der Waals surface area contributed by atoms with E-state index in [1.54, 1.807) is 31.4 Å². The number of nitrogens with two attached hydrogens (primary N) is 1. The van der Waals surface area contributed by atoms with Crippen LogP contribution in [0.15, 0.2) is 35.5 Å². The number of carbonyl (C=O) groups excluding carboxylic acids is 3. The molecule has 2 aliphatic heterocycles. The summed E-state index contributed by atoms with van der Waals surface area (Å²) < 4.78 is 15.5. The molecule has 0 radical (unpaired) electrons. The largest absolute Gasteiger partial charge is 0.497 e. The minimum atomic E-state index is -0.644. The van der Waals surface area contributed by atoms with Gasteiger partial charge in [0.15, 0.2) is 0 Å². The molecule has 2 atom stereocenters. The summed E-state index contributed by atoms with van der Waals surface area (Å²) in [5.41, 5.74) is 7.25. The van der Waals surface area contributed by atoms with Gasteiger partial charge in [0.25, 0.3) is 0 Å². The van der Waals surface area contributed by atoms with Gasteiger partial charge in [-0.05, 0) is 17.7 Å². The molecule has 0 aromatic heterocycles. The topological polar surface area (TPSA) is 108 Å². The second-order valence-corrected chi connectivity index (χ2v) is 7.20. The number of ether oxygens (including phenoxy) is 3. The molecular formula is C18H20N2O6S. The zero-order chi connectivity index (χ0) is 19.6. The Morgan fingerprint density at radius 2 is 1.93 bits per heavy atom. The predicted octanol–water partition coefficient (Wildman–Crippen LogP) is 0.798. The van der Waals surface area contributed by atoms with Crippen molar-refractivity contribution in [1.82, 2.24) is 4.90 Å². The molecular weight excluding hydrogens is 372 g/mol. The molecule has 8 nitrogen and oxygen atoms in total. The molecule has 1 aromatic carbocycles. The third-order valence-electron chi connectivity index (χ3n) is 4.26. The maximum absolute atomic E-state index is 12.7. The number of hydrogen-bond donors (Lipinski definition) is 1. The van der Waals surface area contributed by atoms with Crippen molar-refractivity contribution in [3.8, 4) is 5.75 Å². The highest BCUT2D eigenvalue weighted by Crippen LogP contribution is 2.39. The number of fused-ring (bicyclic) bond motifs is 1. The molecule has 9 heteroatoms. The first kappa shape index (κ1) is 19.2. The van der Waals surface area contributed by atoms with Gasteiger partial charge in [-0.15, -0.1) is 11.8 Å². The summed E-state index contributed by atoms with van der Waals surface area (Å²) >= 11 is 1.43. The maximum atomic E-state index is 12.7. The van der Waals surface area contributed by atoms with Crippen LogP contribution in [0.1, 0.15) is 12.5 Å². The van der Waals surface area contributed by atoms with Crippen LogP contribution < -0.4 is 10.5 Å². The van der Waals surface area contributed by atoms with Crippen LogP contribution in [0.5, 0.6) is 5.75 Å². The van der Waals surface area contributed by atoms with Crippen molar-refractivity contribution in [2.45, 2.75) is 24.9 Å². The van der Waals surface area contributed by atoms with Gasteiger partial charge in [-0.2, -0.15) is 0 Å². The highest BCUT2D eigenvalue weighted by molar-refractivity contribution is 8.00. The number of methoxy groups -OCH3 is 1. The average Bonchev–Trinajstić information content (AvgIpc) is 2.69. The molecule has 0 spiro atoms. The van der Waals surface area contributed by atoms with Gasteiger partial charge in [-0.3, -0.25) is 14.5 Å². The van der Waals surface area contributed by atoms with Crippen LogP contribution in [0.2, 0.25) is 0 Å². The lowest BCUT2D eigenvalue weighted by atomic mass is 10.0. The first-order valence-corrected chi connectivity index (χ1v) is 9.33. The van der Waals surface area contributed by atoms with E-state index in [9.17, 15) is 14.4 Å². The lowest BCUT2D eigenvalue weighted by Gasteiger charge is -2.48. The van der Waals surface area contributed by atoms with Gasteiger partial charge in [0.1, 0.15) is 36.1 Å². The Kier molecular flexibility index (Phi) is 5.71. The molecule has 144 valence electrons. The monoisotopic (exact) mass is 392 g/mol. The van der Waals surface area contributed by atoms with Gasteiger partial charge in [-0.25, -0.2) is 4.79 Å². The minimum absolute atomic E-state index is 0.0407. The number of nitrogens with zero attached hydrogens (tertiary/aromatic N) is 1. The van der Waals surface area contributed by atoms with Gasteiger partial charge in [0.05, 0.1) is 7.11 Å². The van der Waals surface area contributed by atoms with Crippen LogP contribution in [-0.2, 0) is 30.5 Å². The van der Waals surface area contributed by atoms with E-state index in [4.69, 9.17) is 19.9 Å². The maximum Gasteiger partial charge on any atom is 0.355 e. The molecule has 3 rings (SSSR count). The third kappa shape index (κ3) is 3.93. The van der Waals surface area contributed by atoms with Crippen molar-refractivity contribution >= 4 is 29.6 Å². The van der Waals surface area contributed by atoms with E-state index in [0.717, 1.165) is 5.56 Å². The van der Waals surface area contributed by atoms with Crippen LogP contribution in [-0.4, -0.2) is 53.6 Å². The number of rotatable bonds is 6. The summed E-state index contributed by atoms with van der Waals surface area (Å²) in [6.07, 6.45) is 0. The SMILES string of the molecule is COc1ccc(COC(=O)C2=C(COC(C)=O)CS[C@@H]3[C@@H](N)C(=O)N23)cc1. The second-order valence-electron chi connectivity index (χ2n) is 6.09. The van der Waals surface area contributed by atoms with Gasteiger partial charge >= 0.3 is 11.9 Å². The zero-order valence-electron chi connectivity index (χ0n) is 15.0. The number of β-lactam (4-membered cyclic amide) rings is 1. The van der Waals surface area contributed by atoms with Crippen LogP contribution >= 0.6 is 11.8 Å². The zero-order valence-corrected chi connectivity index (χ0v) is 15.8. The molecule has 0 aliphatic carbocycles. The van der Waals surface area contributed by atoms with Gasteiger partial charge in [-0.1, -0.05) is 12.1 Å². The molecule has 1 aromatic rings. The molecule has 2 N–H and O–H groups in total. The van der Waals surface area contributed by atoms with Gasteiger partial charge in [0, 0.05) is 18.2 Å². The van der Waals surface area contributed by atoms with Crippen LogP contribution in [0.3, 0.4) is 0 Å². The van der Waals surface area contributed by atoms with E-state index >= 15 is 0 Å². The quantitative estimate of drug-likeness (QED) is 0.559. The molecule has 0 bridgehead atoms. The van der Waals surface area contributed by atoms with E-state index in [0.29, 0.717) is 17.1 Å². The summed E-state index contributed by atoms with van der Waals surface area (Å²) in [5, 5.41) is -0.304. The molecule has 1 amide bonds. The molecule has 2 aliphatic rings. The van der Waals surface area contributed by atoms with Crippen LogP contribution in [0.25, 0.3) is 0 Å². The van der Waals surface area contributed by atoms with Crippen molar-refractivity contribution in [1.29, 1.82) is 0 Å². The first-order chi connectivity index (χ1) is 12.9. The van der Waals surface area contributed by atoms with E-state index in [1.807, 2.05) is 0 Å². The van der Waals surface area contributed by atoms with E-state index in [-0.39, 0.29) is 30.2 Å². The summed E-state index contributed by atoms with van der Waals surface area (Å²) in [7, 11) is 1.57. The number of amides is 1. The lowest BCUT2D eigenvalue weighted by molar-refractivity contribution is -0.151. The Bertz CT molecular complexity index is 792. The number of carbonyl (C=O) groups is 3. The number of thioether (sulfide) groups is 1. The number of esters is 2. The first-order valence-electron chi connectivity index (χ1n) is 8.28. The molecule has 0 saturated carbocycles. The minimum Gasteiger partial charge on any atom is -0.497 e. The van der Waals surface area contributed by atoms with Crippen molar-refractivity contribution < 1.29 is 28.6 Å². The smallest absolute Gasteiger partial charge is 0.355 e. The number of hydrogen-bond acceptors (Lipinski definition) is 8. The Hall–Kier alpha value is -2.52. The fraction of sp³-hybridized carbons (Fsp3) is 0.389. The third-order valence-corrected chi connectivity index (χ3v) is 5.62. The summed E-state index contributed by atoms with van der Waals surface area (Å²) in [5.74, 6) is -0.319. The number of benzene rings is 1. The summed E-state index contributed by atoms with van der Waals surface area (Å²) in [6.45, 7) is 1.26. The standard InChI is InChI=1S/C18H20N2O6S/c1-10(21)25-8-12-9-27-17-14(19)16(22)20(17)15(12)18(23)26-7-11-3-5-13(24-2)6-4-11/h3-6,14,17H,7-9,19H2,1-2H3/t14-,17+/m0/s1. The molecule has 27 heavy (non-hydrogen) atoms. The Labute approximate surface area is 160 Å². The van der Waals surface area contributed by atoms with Crippen molar-refractivity contribution in [2.24, 2.45) is 5.73 Å². The van der Waals surface area contributed by atoms with E-state index in [2.05, 4.69) is 0 Å². The lowest BCUT2D eigenvalue weighted by Crippen LogP contribution is -2.68. The van der Waals surface area contributed by atoms with Gasteiger partial charge < -0.3 is 19.9 Å². The second kappa shape index (κ2) is 8.01. The van der Waals surface area contributed by atoms with Gasteiger partial charge in [0.2, 0.25) is 5.91 Å². The summed E-state index contributed by atoms with van der Waals surface area (Å²) in [6, 6.07) is 6.45. The Balaban J connectivity index is 1.75. The van der Waals surface area contributed by atoms with Crippen molar-refractivity contribution in [2.75, 3.05) is 19.5 Å². The highest BCUT2D eigenvalue weighted by Gasteiger charge is 2.52. The molecule has 0 unspecified atom stereocenters. The molecule has 2 heterocycles. The fourth-order valence-electron chi connectivity index (χ4n) is 2.81. The van der Waals surface area contributed by atoms with E-state index in [1.165, 1.54) is 23.6 Å². The molecule has 1 fully saturated rings. The highest BCUT2D eigenvalue weighted by atomic mass is 32.2. The van der Waals surface area contributed by atoms with Crippen LogP contribution in [0.4, 0.5) is 0 Å². The fourth-order valence-corrected chi connectivity index (χ4v) is 4.08. The normalized spacial score (nSPS) is 21.3. The Morgan fingerprint density at radius 3 is 2.56 bits per heavy atom. The Morgan fingerprint density at radius 1 is 1.22 bits per heavy atom. The summed E-state index contributed by atoms with van der Waals surface area (Å²) in [4.78, 5) is 37.3. The predicted molar refractivity (Wildman–Crippen MR) is 97.5 cm³/mol. The van der Waals surface area contributed by atoms with Crippen molar-refractivity contribution in [3.05, 3.63) is 41.1 Å². The van der Waals surface area contributed by atoms with E-state index < -0.39 is 18.0 Å². The average molecular weight is 392 g/mol. The molecule has 1 saturated heterocycles. The van der Waals surface area contributed by atoms with Crippen LogP contribution in [0, 0.1) is 0 Å². The van der Waals surface area contributed by atoms with Crippen molar-refractivity contribution in [3.63, 3.8) is 0 Å².